The second kappa shape index (κ2) is 13.3. The zero-order chi connectivity index (χ0) is 30.6. The Morgan fingerprint density at radius 3 is 2.58 bits per heavy atom. The fraction of sp³-hybridized carbons (Fsp3) is 0.367. The number of nitrogens with one attached hydrogen (secondary N) is 3. The number of ether oxygens (including phenoxy) is 1. The van der Waals surface area contributed by atoms with Gasteiger partial charge in [0.25, 0.3) is 5.91 Å². The lowest BCUT2D eigenvalue weighted by molar-refractivity contribution is 0.0102. The van der Waals surface area contributed by atoms with Crippen LogP contribution in [0.2, 0.25) is 0 Å². The second-order valence-electron chi connectivity index (χ2n) is 11.0. The number of hydrazine groups is 1. The third-order valence-electron chi connectivity index (χ3n) is 7.29. The predicted molar refractivity (Wildman–Crippen MR) is 176 cm³/mol. The van der Waals surface area contributed by atoms with Crippen LogP contribution in [0.1, 0.15) is 41.2 Å². The Hall–Kier alpha value is -3.66. The average Bonchev–Trinajstić information content (AvgIpc) is 3.36. The highest BCUT2D eigenvalue weighted by atomic mass is 127. The van der Waals surface area contributed by atoms with E-state index in [0.717, 1.165) is 48.9 Å². The van der Waals surface area contributed by atoms with Crippen molar-refractivity contribution in [2.75, 3.05) is 53.9 Å². The minimum absolute atomic E-state index is 0.231. The van der Waals surface area contributed by atoms with Crippen LogP contribution in [0, 0.1) is 13.8 Å². The molecule has 1 amide bonds. The first-order chi connectivity index (χ1) is 20.6. The minimum atomic E-state index is -0.607. The summed E-state index contributed by atoms with van der Waals surface area (Å²) in [7, 11) is 2.13. The van der Waals surface area contributed by atoms with Gasteiger partial charge in [-0.15, -0.1) is 0 Å². The molecule has 5 rings (SSSR count). The van der Waals surface area contributed by atoms with Gasteiger partial charge in [0.15, 0.2) is 5.82 Å². The molecule has 43 heavy (non-hydrogen) atoms. The monoisotopic (exact) mass is 696 g/mol. The lowest BCUT2D eigenvalue weighted by Gasteiger charge is -2.32. The van der Waals surface area contributed by atoms with Crippen LogP contribution in [-0.2, 0) is 10.3 Å². The number of piperazine rings is 1. The van der Waals surface area contributed by atoms with Crippen molar-refractivity contribution in [1.29, 1.82) is 0 Å². The van der Waals surface area contributed by atoms with Crippen LogP contribution in [0.3, 0.4) is 0 Å². The molecule has 3 N–H and O–H groups in total. The standard InChI is InChI=1S/C30H37IN10O2/c1-20-6-7-23(35-29(42)22-8-9-32-25(15-22)30(3,4)43-18-31)16-24(20)36-28-14-21(2)37-41(28)27-17-26(33-19-34-27)38-40-12-10-39(5)11-13-40/h6-9,14-17,19,36H,10-13,18H2,1-5H3,(H,35,42)(H,33,34,38). The molecular formula is C30H37IN10O2. The van der Waals surface area contributed by atoms with Crippen molar-refractivity contribution < 1.29 is 9.53 Å². The van der Waals surface area contributed by atoms with Crippen LogP contribution < -0.4 is 16.1 Å². The Morgan fingerprint density at radius 1 is 1.02 bits per heavy atom. The number of hydrogen-bond donors (Lipinski definition) is 3. The molecule has 0 saturated carbocycles. The van der Waals surface area contributed by atoms with Gasteiger partial charge >= 0.3 is 0 Å². The Balaban J connectivity index is 1.33. The summed E-state index contributed by atoms with van der Waals surface area (Å²) in [4.78, 5) is 28.8. The number of amides is 1. The fourth-order valence-electron chi connectivity index (χ4n) is 4.65. The Bertz CT molecular complexity index is 1580. The quantitative estimate of drug-likeness (QED) is 0.156. The van der Waals surface area contributed by atoms with Crippen LogP contribution in [0.25, 0.3) is 5.82 Å². The summed E-state index contributed by atoms with van der Waals surface area (Å²) in [6.45, 7) is 11.6. The van der Waals surface area contributed by atoms with Gasteiger partial charge in [0.2, 0.25) is 0 Å². The molecule has 1 saturated heterocycles. The highest BCUT2D eigenvalue weighted by Gasteiger charge is 2.24. The molecule has 1 aliphatic heterocycles. The highest BCUT2D eigenvalue weighted by Crippen LogP contribution is 2.28. The third-order valence-corrected chi connectivity index (χ3v) is 7.60. The van der Waals surface area contributed by atoms with Crippen molar-refractivity contribution in [3.05, 3.63) is 77.5 Å². The van der Waals surface area contributed by atoms with Gasteiger partial charge in [-0.1, -0.05) is 28.7 Å². The van der Waals surface area contributed by atoms with E-state index in [-0.39, 0.29) is 5.91 Å². The maximum atomic E-state index is 13.2. The molecule has 0 atom stereocenters. The molecule has 4 aromatic rings. The average molecular weight is 697 g/mol. The summed E-state index contributed by atoms with van der Waals surface area (Å²) in [6.07, 6.45) is 3.17. The molecule has 12 nitrogen and oxygen atoms in total. The van der Waals surface area contributed by atoms with Gasteiger partial charge in [0.05, 0.1) is 16.0 Å². The van der Waals surface area contributed by atoms with Crippen LogP contribution in [-0.4, -0.2) is 78.4 Å². The van der Waals surface area contributed by atoms with Gasteiger partial charge in [-0.25, -0.2) is 15.0 Å². The molecule has 1 aromatic carbocycles. The molecule has 4 heterocycles. The molecule has 0 aliphatic carbocycles. The second-order valence-corrected chi connectivity index (χ2v) is 11.7. The summed E-state index contributed by atoms with van der Waals surface area (Å²) in [5, 5.41) is 13.3. The molecular weight excluding hydrogens is 659 g/mol. The smallest absolute Gasteiger partial charge is 0.255 e. The summed E-state index contributed by atoms with van der Waals surface area (Å²) in [5.41, 5.74) is 7.31. The number of hydrogen-bond acceptors (Lipinski definition) is 10. The van der Waals surface area contributed by atoms with Gasteiger partial charge in [-0.3, -0.25) is 9.78 Å². The van der Waals surface area contributed by atoms with Gasteiger partial charge in [-0.2, -0.15) is 9.78 Å². The van der Waals surface area contributed by atoms with Gasteiger partial charge < -0.3 is 25.7 Å². The number of carbonyl (C=O) groups is 1. The van der Waals surface area contributed by atoms with E-state index in [9.17, 15) is 4.79 Å². The third kappa shape index (κ3) is 7.65. The van der Waals surface area contributed by atoms with E-state index in [1.807, 2.05) is 58.0 Å². The minimum Gasteiger partial charge on any atom is -0.359 e. The van der Waals surface area contributed by atoms with Crippen molar-refractivity contribution in [3.8, 4) is 5.82 Å². The number of anilines is 4. The van der Waals surface area contributed by atoms with Crippen LogP contribution >= 0.6 is 22.6 Å². The first-order valence-corrected chi connectivity index (χ1v) is 15.6. The Kier molecular flexibility index (Phi) is 9.54. The van der Waals surface area contributed by atoms with E-state index in [2.05, 4.69) is 75.7 Å². The number of halogens is 1. The number of aryl methyl sites for hydroxylation is 2. The van der Waals surface area contributed by atoms with E-state index >= 15 is 0 Å². The lowest BCUT2D eigenvalue weighted by Crippen LogP contribution is -2.47. The number of nitrogens with zero attached hydrogens (tertiary/aromatic N) is 7. The number of benzene rings is 1. The highest BCUT2D eigenvalue weighted by molar-refractivity contribution is 14.1. The van der Waals surface area contributed by atoms with Crippen LogP contribution in [0.4, 0.5) is 23.0 Å². The molecule has 13 heteroatoms. The SMILES string of the molecule is Cc1cc(Nc2cc(NC(=O)c3ccnc(C(C)(C)OCI)c3)ccc2C)n(-c2cc(NN3CCN(C)CC3)ncn2)n1. The molecule has 0 radical (unpaired) electrons. The molecule has 0 unspecified atom stereocenters. The largest absolute Gasteiger partial charge is 0.359 e. The molecule has 226 valence electrons. The molecule has 0 bridgehead atoms. The predicted octanol–water partition coefficient (Wildman–Crippen LogP) is 4.89. The van der Waals surface area contributed by atoms with Crippen molar-refractivity contribution >= 4 is 51.5 Å². The number of likely N-dealkylation sites (N-methyl/N-ethyl adjacent to an activating group) is 1. The first-order valence-electron chi connectivity index (χ1n) is 14.1. The number of aromatic nitrogens is 5. The summed E-state index contributed by atoms with van der Waals surface area (Å²) >= 11 is 2.16. The van der Waals surface area contributed by atoms with Crippen molar-refractivity contribution in [2.24, 2.45) is 0 Å². The number of pyridine rings is 1. The van der Waals surface area contributed by atoms with Crippen LogP contribution in [0.15, 0.2) is 55.0 Å². The molecule has 3 aromatic heterocycles. The van der Waals surface area contributed by atoms with Gasteiger partial charge in [-0.05, 0) is 64.6 Å². The Morgan fingerprint density at radius 2 is 1.81 bits per heavy atom. The number of alkyl halides is 1. The zero-order valence-corrected chi connectivity index (χ0v) is 27.2. The van der Waals surface area contributed by atoms with E-state index in [4.69, 9.17) is 4.74 Å². The van der Waals surface area contributed by atoms with Gasteiger partial charge in [0, 0.05) is 61.4 Å². The molecule has 0 spiro atoms. The summed E-state index contributed by atoms with van der Waals surface area (Å²) < 4.78 is 8.08. The van der Waals surface area contributed by atoms with E-state index in [0.29, 0.717) is 33.2 Å². The summed E-state index contributed by atoms with van der Waals surface area (Å²) in [5.74, 6) is 1.85. The molecule has 1 aliphatic rings. The first kappa shape index (κ1) is 30.8. The number of rotatable bonds is 10. The van der Waals surface area contributed by atoms with Gasteiger partial charge in [0.1, 0.15) is 23.6 Å². The number of carbonyl (C=O) groups excluding carboxylic acids is 1. The van der Waals surface area contributed by atoms with Crippen molar-refractivity contribution in [3.63, 3.8) is 0 Å². The van der Waals surface area contributed by atoms with E-state index in [1.54, 1.807) is 23.0 Å². The van der Waals surface area contributed by atoms with E-state index < -0.39 is 5.60 Å². The normalized spacial score (nSPS) is 14.5. The van der Waals surface area contributed by atoms with E-state index in [1.165, 1.54) is 6.33 Å². The summed E-state index contributed by atoms with van der Waals surface area (Å²) in [6, 6.07) is 13.1. The Labute approximate surface area is 265 Å². The van der Waals surface area contributed by atoms with Crippen molar-refractivity contribution in [1.82, 2.24) is 34.6 Å². The van der Waals surface area contributed by atoms with Crippen molar-refractivity contribution in [2.45, 2.75) is 33.3 Å². The fourth-order valence-corrected chi connectivity index (χ4v) is 5.43. The molecule has 1 fully saturated rings. The zero-order valence-electron chi connectivity index (χ0n) is 25.1. The maximum Gasteiger partial charge on any atom is 0.255 e. The maximum absolute atomic E-state index is 13.2. The van der Waals surface area contributed by atoms with Crippen LogP contribution in [0.5, 0.6) is 0 Å². The topological polar surface area (TPSA) is 125 Å². The lowest BCUT2D eigenvalue weighted by atomic mass is 10.0.